The van der Waals surface area contributed by atoms with Crippen LogP contribution in [0, 0.1) is 5.92 Å². The highest BCUT2D eigenvalue weighted by molar-refractivity contribution is 9.10. The Morgan fingerprint density at radius 2 is 2.17 bits per heavy atom. The molecule has 24 heavy (non-hydrogen) atoms. The molecule has 2 N–H and O–H groups in total. The van der Waals surface area contributed by atoms with Gasteiger partial charge in [0.25, 0.3) is 0 Å². The quantitative estimate of drug-likeness (QED) is 0.807. The summed E-state index contributed by atoms with van der Waals surface area (Å²) in [6.07, 6.45) is 3.91. The predicted molar refractivity (Wildman–Crippen MR) is 92.4 cm³/mol. The Morgan fingerprint density at radius 3 is 2.88 bits per heavy atom. The van der Waals surface area contributed by atoms with Crippen molar-refractivity contribution in [3.05, 3.63) is 33.5 Å². The lowest BCUT2D eigenvalue weighted by molar-refractivity contribution is -0.122. The number of methoxy groups -OCH3 is 2. The third kappa shape index (κ3) is 1.99. The zero-order chi connectivity index (χ0) is 17.1. The standard InChI is InChI=1S/C18H20BrNO4/c1-23-14-6-10-12-5-9-11(19)7-15(24-2)17(22)16(9)18(10,3-4-20-12)8-13(14)21/h6-7,10,12,20,22H,3-5,8H2,1-2H3/t10?,12-,18+/m0/s1. The maximum Gasteiger partial charge on any atom is 0.197 e. The van der Waals surface area contributed by atoms with Crippen molar-refractivity contribution in [2.75, 3.05) is 20.8 Å². The maximum atomic E-state index is 12.6. The number of rotatable bonds is 2. The number of ketones is 1. The fourth-order valence-electron chi connectivity index (χ4n) is 4.80. The van der Waals surface area contributed by atoms with Crippen LogP contribution in [0.2, 0.25) is 0 Å². The van der Waals surface area contributed by atoms with Gasteiger partial charge in [-0.25, -0.2) is 0 Å². The SMILES string of the molecule is COC1=CC2[C@@H]3Cc4c(Br)cc(OC)c(O)c4[C@]2(CCN3)CC1=O. The lowest BCUT2D eigenvalue weighted by Gasteiger charge is -2.54. The molecule has 1 aliphatic heterocycles. The average molecular weight is 394 g/mol. The molecule has 2 aliphatic carbocycles. The second-order valence-electron chi connectivity index (χ2n) is 6.79. The van der Waals surface area contributed by atoms with Crippen LogP contribution >= 0.6 is 15.9 Å². The van der Waals surface area contributed by atoms with Gasteiger partial charge in [-0.1, -0.05) is 15.9 Å². The van der Waals surface area contributed by atoms with Crippen molar-refractivity contribution < 1.29 is 19.4 Å². The zero-order valence-electron chi connectivity index (χ0n) is 13.7. The number of aromatic hydroxyl groups is 1. The molecule has 2 bridgehead atoms. The monoisotopic (exact) mass is 393 g/mol. The van der Waals surface area contributed by atoms with Gasteiger partial charge in [0.05, 0.1) is 14.2 Å². The molecule has 1 heterocycles. The number of nitrogens with one attached hydrogen (secondary N) is 1. The van der Waals surface area contributed by atoms with E-state index >= 15 is 0 Å². The Morgan fingerprint density at radius 1 is 1.38 bits per heavy atom. The molecule has 4 rings (SSSR count). The summed E-state index contributed by atoms with van der Waals surface area (Å²) in [6, 6.07) is 2.04. The fourth-order valence-corrected chi connectivity index (χ4v) is 5.37. The third-order valence-electron chi connectivity index (χ3n) is 5.81. The number of piperidine rings is 1. The summed E-state index contributed by atoms with van der Waals surface area (Å²) >= 11 is 3.63. The molecular weight excluding hydrogens is 374 g/mol. The van der Waals surface area contributed by atoms with Crippen molar-refractivity contribution in [3.63, 3.8) is 0 Å². The van der Waals surface area contributed by atoms with Gasteiger partial charge in [-0.3, -0.25) is 4.79 Å². The van der Waals surface area contributed by atoms with Crippen molar-refractivity contribution in [1.82, 2.24) is 5.32 Å². The summed E-state index contributed by atoms with van der Waals surface area (Å²) in [4.78, 5) is 12.6. The molecule has 0 amide bonds. The van der Waals surface area contributed by atoms with Gasteiger partial charge in [-0.15, -0.1) is 0 Å². The van der Waals surface area contributed by atoms with Crippen molar-refractivity contribution in [3.8, 4) is 11.5 Å². The molecule has 0 saturated carbocycles. The van der Waals surface area contributed by atoms with Crippen LogP contribution in [0.1, 0.15) is 24.0 Å². The predicted octanol–water partition coefficient (Wildman–Crippen LogP) is 2.44. The van der Waals surface area contributed by atoms with Crippen molar-refractivity contribution in [2.45, 2.75) is 30.7 Å². The molecule has 0 aromatic heterocycles. The van der Waals surface area contributed by atoms with E-state index < -0.39 is 5.41 Å². The van der Waals surface area contributed by atoms with Crippen LogP contribution in [0.25, 0.3) is 0 Å². The molecular formula is C18H20BrNO4. The molecule has 1 fully saturated rings. The molecule has 3 aliphatic rings. The van der Waals surface area contributed by atoms with Gasteiger partial charge in [0, 0.05) is 33.8 Å². The number of halogens is 1. The number of fused-ring (bicyclic) bond motifs is 1. The summed E-state index contributed by atoms with van der Waals surface area (Å²) in [6.45, 7) is 0.832. The second kappa shape index (κ2) is 5.49. The summed E-state index contributed by atoms with van der Waals surface area (Å²) in [5.74, 6) is 1.17. The van der Waals surface area contributed by atoms with Gasteiger partial charge in [0.15, 0.2) is 23.0 Å². The van der Waals surface area contributed by atoms with Crippen LogP contribution in [0.3, 0.4) is 0 Å². The summed E-state index contributed by atoms with van der Waals surface area (Å²) < 4.78 is 11.6. The normalized spacial score (nSPS) is 31.0. The van der Waals surface area contributed by atoms with E-state index in [4.69, 9.17) is 9.47 Å². The van der Waals surface area contributed by atoms with Crippen molar-refractivity contribution in [2.24, 2.45) is 5.92 Å². The number of Topliss-reactive ketones (excluding diaryl/α,β-unsaturated/α-hetero) is 1. The van der Waals surface area contributed by atoms with E-state index in [1.165, 1.54) is 0 Å². The smallest absolute Gasteiger partial charge is 0.197 e. The first-order valence-electron chi connectivity index (χ1n) is 8.13. The number of hydrogen-bond donors (Lipinski definition) is 2. The van der Waals surface area contributed by atoms with Gasteiger partial charge in [0.1, 0.15) is 0 Å². The highest BCUT2D eigenvalue weighted by atomic mass is 79.9. The summed E-state index contributed by atoms with van der Waals surface area (Å²) in [7, 11) is 3.09. The van der Waals surface area contributed by atoms with E-state index in [1.54, 1.807) is 14.2 Å². The van der Waals surface area contributed by atoms with Crippen molar-refractivity contribution >= 4 is 21.7 Å². The van der Waals surface area contributed by atoms with E-state index in [1.807, 2.05) is 12.1 Å². The van der Waals surface area contributed by atoms with Crippen LogP contribution in [0.5, 0.6) is 11.5 Å². The van der Waals surface area contributed by atoms with E-state index in [2.05, 4.69) is 21.2 Å². The Hall–Kier alpha value is -1.53. The van der Waals surface area contributed by atoms with Gasteiger partial charge >= 0.3 is 0 Å². The van der Waals surface area contributed by atoms with Crippen LogP contribution in [0.15, 0.2) is 22.4 Å². The summed E-state index contributed by atoms with van der Waals surface area (Å²) in [5.41, 5.74) is 1.55. The van der Waals surface area contributed by atoms with Crippen LogP contribution in [-0.2, 0) is 21.4 Å². The minimum absolute atomic E-state index is 0.000548. The number of phenolic OH excluding ortho intramolecular Hbond substituents is 1. The highest BCUT2D eigenvalue weighted by Crippen LogP contribution is 2.57. The molecule has 0 radical (unpaired) electrons. The molecule has 5 nitrogen and oxygen atoms in total. The average Bonchev–Trinajstić information content (AvgIpc) is 2.56. The third-order valence-corrected chi connectivity index (χ3v) is 6.52. The number of phenols is 1. The molecule has 1 aromatic carbocycles. The second-order valence-corrected chi connectivity index (χ2v) is 7.65. The Kier molecular flexibility index (Phi) is 3.65. The molecule has 0 spiro atoms. The molecule has 1 aromatic rings. The molecule has 128 valence electrons. The van der Waals surface area contributed by atoms with E-state index in [0.717, 1.165) is 35.0 Å². The number of ether oxygens (including phenoxy) is 2. The van der Waals surface area contributed by atoms with Gasteiger partial charge < -0.3 is 19.9 Å². The van der Waals surface area contributed by atoms with E-state index in [-0.39, 0.29) is 23.5 Å². The topological polar surface area (TPSA) is 67.8 Å². The fraction of sp³-hybridized carbons (Fsp3) is 0.500. The molecule has 3 atom stereocenters. The molecule has 6 heteroatoms. The van der Waals surface area contributed by atoms with Crippen molar-refractivity contribution in [1.29, 1.82) is 0 Å². The van der Waals surface area contributed by atoms with Crippen LogP contribution < -0.4 is 10.1 Å². The first-order valence-corrected chi connectivity index (χ1v) is 8.92. The summed E-state index contributed by atoms with van der Waals surface area (Å²) in [5, 5.41) is 14.5. The van der Waals surface area contributed by atoms with Gasteiger partial charge in [-0.2, -0.15) is 0 Å². The number of carbonyl (C=O) groups is 1. The zero-order valence-corrected chi connectivity index (χ0v) is 15.3. The Labute approximate surface area is 149 Å². The first kappa shape index (κ1) is 16.0. The number of carbonyl (C=O) groups excluding carboxylic acids is 1. The largest absolute Gasteiger partial charge is 0.504 e. The molecule has 1 saturated heterocycles. The van der Waals surface area contributed by atoms with Crippen LogP contribution in [0.4, 0.5) is 0 Å². The lowest BCUT2D eigenvalue weighted by atomic mass is 9.54. The van der Waals surface area contributed by atoms with E-state index in [9.17, 15) is 9.90 Å². The van der Waals surface area contributed by atoms with Gasteiger partial charge in [-0.05, 0) is 37.1 Å². The highest BCUT2D eigenvalue weighted by Gasteiger charge is 2.55. The maximum absolute atomic E-state index is 12.6. The van der Waals surface area contributed by atoms with Crippen LogP contribution in [-0.4, -0.2) is 37.7 Å². The first-order chi connectivity index (χ1) is 11.5. The van der Waals surface area contributed by atoms with E-state index in [0.29, 0.717) is 17.9 Å². The Balaban J connectivity index is 2.00. The minimum atomic E-state index is -0.399. The Bertz CT molecular complexity index is 760. The lowest BCUT2D eigenvalue weighted by Crippen LogP contribution is -2.60. The minimum Gasteiger partial charge on any atom is -0.504 e. The number of hydrogen-bond acceptors (Lipinski definition) is 5. The van der Waals surface area contributed by atoms with Gasteiger partial charge in [0.2, 0.25) is 0 Å². The molecule has 1 unspecified atom stereocenters. The number of allylic oxidation sites excluding steroid dienone is 1. The number of benzene rings is 1.